The second-order valence-corrected chi connectivity index (χ2v) is 8.80. The second-order valence-electron chi connectivity index (χ2n) is 7.92. The van der Waals surface area contributed by atoms with Gasteiger partial charge in [-0.1, -0.05) is 23.2 Å². The monoisotopic (exact) mass is 417 g/mol. The first kappa shape index (κ1) is 19.5. The summed E-state index contributed by atoms with van der Waals surface area (Å²) >= 11 is 12.1. The number of amides is 1. The first-order chi connectivity index (χ1) is 13.5. The van der Waals surface area contributed by atoms with Gasteiger partial charge in [0.25, 0.3) is 0 Å². The quantitative estimate of drug-likeness (QED) is 0.656. The lowest BCUT2D eigenvalue weighted by Gasteiger charge is -2.35. The molecule has 0 spiro atoms. The summed E-state index contributed by atoms with van der Waals surface area (Å²) in [5.41, 5.74) is 2.03. The van der Waals surface area contributed by atoms with Gasteiger partial charge in [-0.2, -0.15) is 0 Å². The Morgan fingerprint density at radius 3 is 2.39 bits per heavy atom. The number of anilines is 2. The van der Waals surface area contributed by atoms with Gasteiger partial charge in [-0.25, -0.2) is 4.98 Å². The molecule has 2 aliphatic rings. The number of hydrogen-bond acceptors (Lipinski definition) is 3. The summed E-state index contributed by atoms with van der Waals surface area (Å²) < 4.78 is 0. The molecule has 2 fully saturated rings. The molecule has 1 amide bonds. The molecule has 0 N–H and O–H groups in total. The molecule has 0 radical (unpaired) electrons. The molecule has 0 atom stereocenters. The van der Waals surface area contributed by atoms with E-state index >= 15 is 0 Å². The number of halogens is 2. The summed E-state index contributed by atoms with van der Waals surface area (Å²) in [6.07, 6.45) is 5.82. The average Bonchev–Trinajstić information content (AvgIpc) is 3.51. The number of carbonyl (C=O) groups is 1. The van der Waals surface area contributed by atoms with E-state index in [0.717, 1.165) is 49.5 Å². The number of hydrogen-bond donors (Lipinski definition) is 0. The van der Waals surface area contributed by atoms with Crippen LogP contribution in [0.15, 0.2) is 36.5 Å². The van der Waals surface area contributed by atoms with Gasteiger partial charge in [0.1, 0.15) is 5.82 Å². The number of rotatable bonds is 5. The lowest BCUT2D eigenvalue weighted by atomic mass is 9.94. The molecular formula is C22H25Cl2N3O. The fraction of sp³-hybridized carbons (Fsp3) is 0.455. The Hall–Kier alpha value is -1.78. The van der Waals surface area contributed by atoms with E-state index in [1.165, 1.54) is 12.8 Å². The number of aryl methyl sites for hydroxylation is 1. The van der Waals surface area contributed by atoms with Gasteiger partial charge in [0, 0.05) is 42.5 Å². The van der Waals surface area contributed by atoms with Crippen molar-refractivity contribution in [1.82, 2.24) is 4.98 Å². The van der Waals surface area contributed by atoms with Crippen molar-refractivity contribution in [2.24, 2.45) is 11.8 Å². The Balaban J connectivity index is 1.44. The molecule has 0 bridgehead atoms. The van der Waals surface area contributed by atoms with E-state index in [0.29, 0.717) is 16.0 Å². The Morgan fingerprint density at radius 2 is 1.79 bits per heavy atom. The molecule has 0 unspecified atom stereocenters. The van der Waals surface area contributed by atoms with Gasteiger partial charge in [-0.3, -0.25) is 4.79 Å². The topological polar surface area (TPSA) is 36.4 Å². The highest BCUT2D eigenvalue weighted by Crippen LogP contribution is 2.34. The van der Waals surface area contributed by atoms with Crippen LogP contribution in [0.4, 0.5) is 11.5 Å². The first-order valence-corrected chi connectivity index (χ1v) is 10.7. The van der Waals surface area contributed by atoms with E-state index in [2.05, 4.69) is 9.88 Å². The van der Waals surface area contributed by atoms with Crippen LogP contribution in [0.25, 0.3) is 0 Å². The Kier molecular flexibility index (Phi) is 5.79. The standard InChI is InChI=1S/C22H25Cl2N3O/c1-15-12-19(24)13-25-21(15)26-10-8-17(9-11-26)22(28)27(14-16-2-3-16)20-6-4-18(23)5-7-20/h4-7,12-13,16-17H,2-3,8-11,14H2,1H3. The zero-order valence-electron chi connectivity index (χ0n) is 16.1. The summed E-state index contributed by atoms with van der Waals surface area (Å²) in [5.74, 6) is 1.91. The molecule has 6 heteroatoms. The van der Waals surface area contributed by atoms with Crippen LogP contribution < -0.4 is 9.80 Å². The van der Waals surface area contributed by atoms with Crippen molar-refractivity contribution in [3.05, 3.63) is 52.1 Å². The lowest BCUT2D eigenvalue weighted by Crippen LogP contribution is -2.44. The van der Waals surface area contributed by atoms with Gasteiger partial charge >= 0.3 is 0 Å². The van der Waals surface area contributed by atoms with E-state index < -0.39 is 0 Å². The van der Waals surface area contributed by atoms with Gasteiger partial charge < -0.3 is 9.80 Å². The number of nitrogens with zero attached hydrogens (tertiary/aromatic N) is 3. The number of carbonyl (C=O) groups excluding carboxylic acids is 1. The highest BCUT2D eigenvalue weighted by Gasteiger charge is 2.33. The third-order valence-corrected chi connectivity index (χ3v) is 6.16. The van der Waals surface area contributed by atoms with Crippen molar-refractivity contribution in [2.45, 2.75) is 32.6 Å². The number of benzene rings is 1. The number of piperidine rings is 1. The van der Waals surface area contributed by atoms with Crippen LogP contribution in [0.2, 0.25) is 10.0 Å². The van der Waals surface area contributed by atoms with Gasteiger partial charge in [-0.05, 0) is 74.4 Å². The van der Waals surface area contributed by atoms with Crippen LogP contribution in [0, 0.1) is 18.8 Å². The second kappa shape index (κ2) is 8.30. The van der Waals surface area contributed by atoms with E-state index in [1.54, 1.807) is 6.20 Å². The maximum atomic E-state index is 13.3. The van der Waals surface area contributed by atoms with Crippen LogP contribution in [-0.4, -0.2) is 30.5 Å². The Morgan fingerprint density at radius 1 is 1.11 bits per heavy atom. The van der Waals surface area contributed by atoms with Crippen molar-refractivity contribution < 1.29 is 4.79 Å². The summed E-state index contributed by atoms with van der Waals surface area (Å²) in [4.78, 5) is 22.1. The van der Waals surface area contributed by atoms with Crippen LogP contribution in [0.3, 0.4) is 0 Å². The van der Waals surface area contributed by atoms with Crippen LogP contribution in [0.5, 0.6) is 0 Å². The van der Waals surface area contributed by atoms with Gasteiger partial charge in [0.15, 0.2) is 0 Å². The van der Waals surface area contributed by atoms with Crippen molar-refractivity contribution in [2.75, 3.05) is 29.4 Å². The van der Waals surface area contributed by atoms with Crippen molar-refractivity contribution in [1.29, 1.82) is 0 Å². The van der Waals surface area contributed by atoms with Crippen molar-refractivity contribution in [3.63, 3.8) is 0 Å². The van der Waals surface area contributed by atoms with Gasteiger partial charge in [-0.15, -0.1) is 0 Å². The first-order valence-electron chi connectivity index (χ1n) is 9.95. The normalized spacial score (nSPS) is 17.6. The molecule has 2 heterocycles. The zero-order valence-corrected chi connectivity index (χ0v) is 17.6. The molecule has 2 aromatic rings. The minimum Gasteiger partial charge on any atom is -0.356 e. The fourth-order valence-electron chi connectivity index (χ4n) is 3.93. The molecule has 1 aromatic carbocycles. The van der Waals surface area contributed by atoms with E-state index in [9.17, 15) is 4.79 Å². The Labute approximate surface area is 176 Å². The minimum atomic E-state index is 0.0540. The van der Waals surface area contributed by atoms with E-state index in [1.807, 2.05) is 42.2 Å². The van der Waals surface area contributed by atoms with Crippen LogP contribution in [0.1, 0.15) is 31.2 Å². The molecule has 1 saturated heterocycles. The van der Waals surface area contributed by atoms with E-state index in [4.69, 9.17) is 23.2 Å². The van der Waals surface area contributed by atoms with Crippen molar-refractivity contribution in [3.8, 4) is 0 Å². The lowest BCUT2D eigenvalue weighted by molar-refractivity contribution is -0.123. The minimum absolute atomic E-state index is 0.0540. The summed E-state index contributed by atoms with van der Waals surface area (Å²) in [6.45, 7) is 4.52. The van der Waals surface area contributed by atoms with Crippen LogP contribution >= 0.6 is 23.2 Å². The molecule has 148 valence electrons. The molecule has 28 heavy (non-hydrogen) atoms. The third kappa shape index (κ3) is 4.44. The molecule has 1 aliphatic heterocycles. The van der Waals surface area contributed by atoms with Gasteiger partial charge in [0.2, 0.25) is 5.91 Å². The van der Waals surface area contributed by atoms with E-state index in [-0.39, 0.29) is 11.8 Å². The number of aromatic nitrogens is 1. The maximum Gasteiger partial charge on any atom is 0.230 e. The smallest absolute Gasteiger partial charge is 0.230 e. The average molecular weight is 418 g/mol. The molecular weight excluding hydrogens is 393 g/mol. The third-order valence-electron chi connectivity index (χ3n) is 5.70. The molecule has 1 aliphatic carbocycles. The summed E-state index contributed by atoms with van der Waals surface area (Å²) in [7, 11) is 0. The molecule has 4 rings (SSSR count). The van der Waals surface area contributed by atoms with Crippen molar-refractivity contribution >= 4 is 40.6 Å². The maximum absolute atomic E-state index is 13.3. The highest BCUT2D eigenvalue weighted by atomic mass is 35.5. The zero-order chi connectivity index (χ0) is 19.7. The van der Waals surface area contributed by atoms with Crippen LogP contribution in [-0.2, 0) is 4.79 Å². The molecule has 1 aromatic heterocycles. The molecule has 4 nitrogen and oxygen atoms in total. The predicted molar refractivity (Wildman–Crippen MR) is 115 cm³/mol. The number of pyridine rings is 1. The predicted octanol–water partition coefficient (Wildman–Crippen LogP) is 5.36. The summed E-state index contributed by atoms with van der Waals surface area (Å²) in [6, 6.07) is 9.58. The molecule has 1 saturated carbocycles. The van der Waals surface area contributed by atoms with Gasteiger partial charge in [0.05, 0.1) is 5.02 Å². The summed E-state index contributed by atoms with van der Waals surface area (Å²) in [5, 5.41) is 1.35. The highest BCUT2D eigenvalue weighted by molar-refractivity contribution is 6.30. The largest absolute Gasteiger partial charge is 0.356 e. The fourth-order valence-corrected chi connectivity index (χ4v) is 4.26. The SMILES string of the molecule is Cc1cc(Cl)cnc1N1CCC(C(=O)N(CC2CC2)c2ccc(Cl)cc2)CC1. The Bertz CT molecular complexity index is 843.